The summed E-state index contributed by atoms with van der Waals surface area (Å²) in [5.74, 6) is 1.81. The number of hydrogen-bond donors (Lipinski definition) is 0. The number of rotatable bonds is 10. The van der Waals surface area contributed by atoms with Crippen molar-refractivity contribution in [2.45, 2.75) is 33.1 Å². The first-order valence-electron chi connectivity index (χ1n) is 27.2. The number of hydrogen-bond acceptors (Lipinski definition) is 3. The van der Waals surface area contributed by atoms with Crippen LogP contribution >= 0.6 is 0 Å². The molecule has 1 aliphatic heterocycles. The molecule has 14 rings (SSSR count). The van der Waals surface area contributed by atoms with Gasteiger partial charge in [0.1, 0.15) is 0 Å². The molecule has 0 aliphatic carbocycles. The third-order valence-corrected chi connectivity index (χ3v) is 16.4. The molecule has 1 aliphatic rings. The molecular formula is C74H55N5. The number of aryl methyl sites for hydroxylation is 1. The molecule has 0 radical (unpaired) electrons. The molecule has 5 nitrogen and oxygen atoms in total. The van der Waals surface area contributed by atoms with Crippen molar-refractivity contribution in [2.24, 2.45) is 0 Å². The summed E-state index contributed by atoms with van der Waals surface area (Å²) in [5.41, 5.74) is 21.2. The molecule has 0 saturated carbocycles. The largest absolute Gasteiger partial charge is 0.309 e. The predicted octanol–water partition coefficient (Wildman–Crippen LogP) is 19.1. The molecule has 0 fully saturated rings. The zero-order chi connectivity index (χ0) is 53.2. The zero-order valence-electron chi connectivity index (χ0n) is 44.6. The average molecular weight is 1010 g/mol. The Morgan fingerprint density at radius 3 is 1.52 bits per heavy atom. The molecule has 0 saturated heterocycles. The van der Waals surface area contributed by atoms with E-state index in [0.29, 0.717) is 17.5 Å². The second-order valence-electron chi connectivity index (χ2n) is 20.9. The summed E-state index contributed by atoms with van der Waals surface area (Å²) in [6.07, 6.45) is 8.62. The molecule has 0 amide bonds. The van der Waals surface area contributed by atoms with Gasteiger partial charge in [-0.2, -0.15) is 0 Å². The molecule has 3 aromatic heterocycles. The van der Waals surface area contributed by atoms with Gasteiger partial charge in [-0.1, -0.05) is 200 Å². The van der Waals surface area contributed by atoms with Crippen molar-refractivity contribution in [3.8, 4) is 73.2 Å². The summed E-state index contributed by atoms with van der Waals surface area (Å²) in [6, 6.07) is 85.2. The van der Waals surface area contributed by atoms with E-state index in [4.69, 9.17) is 15.0 Å². The van der Waals surface area contributed by atoms with Crippen molar-refractivity contribution >= 4 is 49.3 Å². The van der Waals surface area contributed by atoms with Crippen molar-refractivity contribution in [3.63, 3.8) is 0 Å². The van der Waals surface area contributed by atoms with E-state index in [0.717, 1.165) is 66.2 Å². The number of para-hydroxylation sites is 3. The minimum Gasteiger partial charge on any atom is -0.309 e. The smallest absolute Gasteiger partial charge is 0.164 e. The van der Waals surface area contributed by atoms with Crippen LogP contribution in [0, 0.1) is 6.92 Å². The van der Waals surface area contributed by atoms with Crippen molar-refractivity contribution < 1.29 is 0 Å². The second kappa shape index (κ2) is 19.2. The molecule has 1 atom stereocenters. The lowest BCUT2D eigenvalue weighted by Crippen LogP contribution is -2.30. The van der Waals surface area contributed by atoms with Crippen LogP contribution in [0.3, 0.4) is 0 Å². The van der Waals surface area contributed by atoms with Crippen LogP contribution in [0.1, 0.15) is 37.5 Å². The summed E-state index contributed by atoms with van der Waals surface area (Å²) in [4.78, 5) is 16.3. The highest BCUT2D eigenvalue weighted by atomic mass is 15.0. The normalized spacial score (nSPS) is 14.5. The molecule has 0 N–H and O–H groups in total. The van der Waals surface area contributed by atoms with E-state index in [-0.39, 0.29) is 5.41 Å². The molecule has 4 heterocycles. The Hall–Kier alpha value is -9.97. The summed E-state index contributed by atoms with van der Waals surface area (Å²) in [7, 11) is 0. The maximum absolute atomic E-state index is 5.48. The van der Waals surface area contributed by atoms with E-state index in [1.54, 1.807) is 0 Å². The molecule has 1 unspecified atom stereocenters. The lowest BCUT2D eigenvalue weighted by Gasteiger charge is -2.38. The molecule has 13 aromatic rings. The predicted molar refractivity (Wildman–Crippen MR) is 330 cm³/mol. The molecule has 0 bridgehead atoms. The minimum atomic E-state index is -0.366. The standard InChI is InChI=1S/C74H55N5/c1-5-6-10-39-66-49(3)74(4,58-32-15-9-16-33-58)64-37-22-36-61-63-47-57(41-43-68(63)79(66)70(61)64)73-76-71(55-31-20-30-54(45-55)53-29-19-28-52(44-53)50-24-11-7-12-25-50)75-72(77-73)56-40-42-67-62(46-56)60-35-21-34-59(51-26-13-8-14-27-51)69(60)78(67)65-38-18-17-23-48(65)2/h5-47H,1-4H3/b6-5-,39-10-. The van der Waals surface area contributed by atoms with E-state index >= 15 is 0 Å². The van der Waals surface area contributed by atoms with E-state index in [9.17, 15) is 0 Å². The fourth-order valence-electron chi connectivity index (χ4n) is 12.3. The molecule has 79 heavy (non-hydrogen) atoms. The third kappa shape index (κ3) is 7.88. The van der Waals surface area contributed by atoms with Gasteiger partial charge in [0, 0.05) is 60.6 Å². The molecule has 376 valence electrons. The number of aromatic nitrogens is 5. The van der Waals surface area contributed by atoms with Gasteiger partial charge in [0.05, 0.1) is 22.1 Å². The quantitative estimate of drug-likeness (QED) is 0.128. The SMILES string of the molecule is C/C=C\C=C/C1=C(C)C(C)(c2ccccc2)c2cccc3c4cc(-c5nc(-c6cccc(-c7cccc(-c8ccccc8)c7)c6)nc(-c6ccc7c(c6)c6cccc(-c8ccccc8)c6n7-c6ccccc6C)n5)ccc4n1c23. The van der Waals surface area contributed by atoms with E-state index in [1.807, 2.05) is 0 Å². The first-order valence-corrected chi connectivity index (χ1v) is 27.2. The zero-order valence-corrected chi connectivity index (χ0v) is 44.6. The van der Waals surface area contributed by atoms with Crippen LogP contribution < -0.4 is 0 Å². The Morgan fingerprint density at radius 1 is 0.392 bits per heavy atom. The topological polar surface area (TPSA) is 48.5 Å². The first kappa shape index (κ1) is 47.5. The van der Waals surface area contributed by atoms with Crippen molar-refractivity contribution in [1.29, 1.82) is 0 Å². The van der Waals surface area contributed by atoms with Crippen molar-refractivity contribution in [2.75, 3.05) is 0 Å². The molecule has 10 aromatic carbocycles. The highest BCUT2D eigenvalue weighted by molar-refractivity contribution is 6.16. The maximum Gasteiger partial charge on any atom is 0.164 e. The van der Waals surface area contributed by atoms with Gasteiger partial charge in [0.2, 0.25) is 0 Å². The lowest BCUT2D eigenvalue weighted by atomic mass is 9.68. The molecule has 5 heteroatoms. The summed E-state index contributed by atoms with van der Waals surface area (Å²) in [6.45, 7) is 8.93. The van der Waals surface area contributed by atoms with Gasteiger partial charge >= 0.3 is 0 Å². The Balaban J connectivity index is 0.986. The van der Waals surface area contributed by atoms with Crippen LogP contribution in [-0.4, -0.2) is 24.1 Å². The fraction of sp³-hybridized carbons (Fsp3) is 0.0676. The summed E-state index contributed by atoms with van der Waals surface area (Å²) < 4.78 is 4.90. The van der Waals surface area contributed by atoms with E-state index < -0.39 is 0 Å². The van der Waals surface area contributed by atoms with Crippen molar-refractivity contribution in [3.05, 3.63) is 283 Å². The van der Waals surface area contributed by atoms with Gasteiger partial charge in [0.15, 0.2) is 17.5 Å². The average Bonchev–Trinajstić information content (AvgIpc) is 3.45. The van der Waals surface area contributed by atoms with E-state index in [1.165, 1.54) is 61.1 Å². The van der Waals surface area contributed by atoms with Gasteiger partial charge in [-0.25, -0.2) is 15.0 Å². The number of fused-ring (bicyclic) bond motifs is 6. The molecular weight excluding hydrogens is 959 g/mol. The van der Waals surface area contributed by atoms with Gasteiger partial charge < -0.3 is 9.13 Å². The van der Waals surface area contributed by atoms with Crippen LogP contribution in [0.2, 0.25) is 0 Å². The highest BCUT2D eigenvalue weighted by Gasteiger charge is 2.39. The summed E-state index contributed by atoms with van der Waals surface area (Å²) in [5, 5.41) is 4.61. The third-order valence-electron chi connectivity index (χ3n) is 16.4. The second-order valence-corrected chi connectivity index (χ2v) is 20.9. The van der Waals surface area contributed by atoms with Gasteiger partial charge in [-0.3, -0.25) is 0 Å². The Bertz CT molecular complexity index is 4630. The van der Waals surface area contributed by atoms with E-state index in [2.05, 4.69) is 298 Å². The Kier molecular flexibility index (Phi) is 11.6. The van der Waals surface area contributed by atoms with Gasteiger partial charge in [0.25, 0.3) is 0 Å². The summed E-state index contributed by atoms with van der Waals surface area (Å²) >= 11 is 0. The maximum atomic E-state index is 5.48. The Morgan fingerprint density at radius 2 is 0.886 bits per heavy atom. The van der Waals surface area contributed by atoms with Crippen LogP contribution in [-0.2, 0) is 5.41 Å². The lowest BCUT2D eigenvalue weighted by molar-refractivity contribution is 0.667. The van der Waals surface area contributed by atoms with Crippen LogP contribution in [0.5, 0.6) is 0 Å². The highest BCUT2D eigenvalue weighted by Crippen LogP contribution is 2.51. The number of allylic oxidation sites excluding steroid dienone is 6. The Labute approximate surface area is 460 Å². The minimum absolute atomic E-state index is 0.366. The fourth-order valence-corrected chi connectivity index (χ4v) is 12.3. The monoisotopic (exact) mass is 1010 g/mol. The first-order chi connectivity index (χ1) is 38.8. The number of benzene rings is 10. The van der Waals surface area contributed by atoms with Crippen LogP contribution in [0.4, 0.5) is 0 Å². The van der Waals surface area contributed by atoms with Crippen molar-refractivity contribution in [1.82, 2.24) is 24.1 Å². The van der Waals surface area contributed by atoms with Crippen LogP contribution in [0.25, 0.3) is 123 Å². The number of nitrogens with zero attached hydrogens (tertiary/aromatic N) is 5. The van der Waals surface area contributed by atoms with Gasteiger partial charge in [-0.05, 0) is 138 Å². The van der Waals surface area contributed by atoms with Gasteiger partial charge in [-0.15, -0.1) is 0 Å². The van der Waals surface area contributed by atoms with Crippen LogP contribution in [0.15, 0.2) is 266 Å². The molecule has 0 spiro atoms.